The summed E-state index contributed by atoms with van der Waals surface area (Å²) < 4.78 is 78.4. The Hall–Kier alpha value is 1.91. The van der Waals surface area contributed by atoms with E-state index in [0.717, 1.165) is 52.1 Å². The van der Waals surface area contributed by atoms with Gasteiger partial charge in [-0.1, -0.05) is 0 Å². The molecule has 0 aliphatic carbocycles. The van der Waals surface area contributed by atoms with Gasteiger partial charge in [-0.2, -0.15) is 0 Å². The van der Waals surface area contributed by atoms with E-state index in [1.807, 2.05) is 0 Å². The molecule has 20 nitrogen and oxygen atoms in total. The molecule has 185 valence electrons. The minimum absolute atomic E-state index is 0. The van der Waals surface area contributed by atoms with Crippen molar-refractivity contribution in [2.75, 3.05) is 0 Å². The fraction of sp³-hybridized carbons (Fsp3) is 0.600. The van der Waals surface area contributed by atoms with Gasteiger partial charge in [-0.3, -0.25) is 0 Å². The van der Waals surface area contributed by atoms with Gasteiger partial charge in [0.25, 0.3) is 0 Å². The van der Waals surface area contributed by atoms with Crippen LogP contribution < -0.4 is 0 Å². The van der Waals surface area contributed by atoms with Gasteiger partial charge in [-0.15, -0.1) is 0 Å². The Balaban J connectivity index is -0.0000000597. The molecular formula is C5H15O20V6. The number of hydrogen-bond donors (Lipinski definition) is 15. The fourth-order valence-corrected chi connectivity index (χ4v) is 0.555. The van der Waals surface area contributed by atoms with Crippen LogP contribution in [-0.4, -0.2) is 88.6 Å². The summed E-state index contributed by atoms with van der Waals surface area (Å²) in [5.74, 6) is -13.2. The van der Waals surface area contributed by atoms with Crippen molar-refractivity contribution >= 4 is 0 Å². The molecule has 0 bridgehead atoms. The molecule has 0 rings (SSSR count). The molecule has 0 atom stereocenters. The average molecular weight is 701 g/mol. The molecular weight excluding hydrogens is 686 g/mol. The standard InChI is InChI=1S/C5H10O10.5H2O.5O.6V/c6-1(7)3(10,11)5(14,15)4(12,13)2(8)9;;;;;;;;;;;;;;;;/h6-15H;5*1H2;;;;;;;;;;;/q-2;;;;;;;;;;;;;;2*+2;+3/p-5. The van der Waals surface area contributed by atoms with Gasteiger partial charge in [0.2, 0.25) is 5.79 Å². The van der Waals surface area contributed by atoms with Crippen LogP contribution in [0.3, 0.4) is 0 Å². The summed E-state index contributed by atoms with van der Waals surface area (Å²) in [6.45, 7) is 0. The largest absolute Gasteiger partial charge is 2.00 e. The van der Waals surface area contributed by atoms with Crippen molar-refractivity contribution in [1.29, 1.82) is 0 Å². The molecule has 0 saturated carbocycles. The van der Waals surface area contributed by atoms with Gasteiger partial charge in [0.1, 0.15) is 11.6 Å². The van der Waals surface area contributed by atoms with Crippen LogP contribution in [0, 0.1) is 12.6 Å². The van der Waals surface area contributed by atoms with Crippen LogP contribution in [0.1, 0.15) is 0 Å². The van der Waals surface area contributed by atoms with Gasteiger partial charge >= 0.3 is 140 Å². The Kier molecular flexibility index (Phi) is 40.3. The van der Waals surface area contributed by atoms with E-state index >= 15 is 0 Å². The van der Waals surface area contributed by atoms with E-state index in [-0.39, 0.29) is 18.6 Å². The van der Waals surface area contributed by atoms with Crippen LogP contribution in [0.4, 0.5) is 0 Å². The zero-order chi connectivity index (χ0) is 26.7. The summed E-state index contributed by atoms with van der Waals surface area (Å²) in [6, 6.07) is 0. The van der Waals surface area contributed by atoms with Crippen LogP contribution in [-0.2, 0) is 120 Å². The summed E-state index contributed by atoms with van der Waals surface area (Å²) in [5, 5.41) is 85.1. The van der Waals surface area contributed by atoms with Crippen molar-refractivity contribution in [1.82, 2.24) is 0 Å². The Morgan fingerprint density at radius 1 is 0.645 bits per heavy atom. The Morgan fingerprint density at radius 2 is 0.742 bits per heavy atom. The molecule has 26 heteroatoms. The van der Waals surface area contributed by atoms with Crippen LogP contribution in [0.2, 0.25) is 0 Å². The zero-order valence-electron chi connectivity index (χ0n) is 13.9. The van der Waals surface area contributed by atoms with E-state index in [9.17, 15) is 0 Å². The third-order valence-electron chi connectivity index (χ3n) is 1.60. The number of aliphatic hydroxyl groups is 10. The van der Waals surface area contributed by atoms with E-state index in [4.69, 9.17) is 89.6 Å². The van der Waals surface area contributed by atoms with E-state index < -0.39 is 60.8 Å². The Bertz CT molecular complexity index is 436. The molecule has 0 unspecified atom stereocenters. The molecule has 0 aromatic carbocycles. The molecule has 0 fully saturated rings. The van der Waals surface area contributed by atoms with Gasteiger partial charge in [-0.25, -0.2) is 0 Å². The molecule has 0 aromatic heterocycles. The van der Waals surface area contributed by atoms with Gasteiger partial charge in [-0.05, 0) is 12.6 Å². The molecule has 1 radical (unpaired) electrons. The summed E-state index contributed by atoms with van der Waals surface area (Å²) >= 11 is -5.38. The van der Waals surface area contributed by atoms with Crippen molar-refractivity contribution in [3.05, 3.63) is 12.6 Å². The molecule has 0 aliphatic rings. The normalized spacial score (nSPS) is 10.4. The second-order valence-corrected chi connectivity index (χ2v) is 5.82. The van der Waals surface area contributed by atoms with Crippen LogP contribution in [0.15, 0.2) is 0 Å². The summed E-state index contributed by atoms with van der Waals surface area (Å²) in [7, 11) is 0. The molecule has 0 spiro atoms. The van der Waals surface area contributed by atoms with Crippen LogP contribution >= 0.6 is 0 Å². The molecule has 0 heterocycles. The zero-order valence-corrected chi connectivity index (χ0v) is 22.3. The smallest absolute Gasteiger partial charge is 2.00 e. The first-order valence-electron chi connectivity index (χ1n) is 5.15. The Labute approximate surface area is 219 Å². The third-order valence-corrected chi connectivity index (χ3v) is 1.60. The SMILES string of the molecule is O[C-](O)C(O)(O)C(O)(O)C(O)(O)[C-](O)O.[O]=[V].[O]=[V].[O]=[V].[O]=[V]([OH])([OH])[OH].[O]=[V]([OH])[OH].[V+2]. The fourth-order valence-electron chi connectivity index (χ4n) is 0.555. The molecule has 0 aromatic rings. The van der Waals surface area contributed by atoms with Gasteiger partial charge in [0.05, 0.1) is 0 Å². The predicted octanol–water partition coefficient (Wildman–Crippen LogP) is -7.90. The number of hydrogen-bond acceptors (Lipinski definition) is 15. The minimum Gasteiger partial charge on any atom is 2.00 e. The van der Waals surface area contributed by atoms with E-state index in [1.54, 1.807) is 0 Å². The van der Waals surface area contributed by atoms with E-state index in [2.05, 4.69) is 0 Å². The van der Waals surface area contributed by atoms with Crippen molar-refractivity contribution in [3.63, 3.8) is 0 Å². The Morgan fingerprint density at radius 3 is 0.806 bits per heavy atom. The van der Waals surface area contributed by atoms with Gasteiger partial charge < -0.3 is 51.1 Å². The quantitative estimate of drug-likeness (QED) is 0.0956. The molecule has 0 amide bonds. The van der Waals surface area contributed by atoms with Crippen LogP contribution in [0.5, 0.6) is 0 Å². The minimum atomic E-state index is -5.12. The number of aliphatic hydroxyl groups excluding tert-OH is 2. The van der Waals surface area contributed by atoms with Gasteiger partial charge in [0.15, 0.2) is 0 Å². The predicted molar refractivity (Wildman–Crippen MR) is 50.3 cm³/mol. The maximum absolute atomic E-state index is 8.94. The van der Waals surface area contributed by atoms with Crippen molar-refractivity contribution in [2.24, 2.45) is 0 Å². The topological polar surface area (TPSA) is 389 Å². The van der Waals surface area contributed by atoms with Crippen LogP contribution in [0.25, 0.3) is 0 Å². The van der Waals surface area contributed by atoms with Crippen molar-refractivity contribution < 1.29 is 191 Å². The van der Waals surface area contributed by atoms with Crippen molar-refractivity contribution in [3.8, 4) is 0 Å². The monoisotopic (exact) mass is 701 g/mol. The maximum atomic E-state index is 8.94. The maximum Gasteiger partial charge on any atom is 2.00 e. The molecule has 15 N–H and O–H groups in total. The first kappa shape index (κ1) is 49.9. The summed E-state index contributed by atoms with van der Waals surface area (Å²) in [6.07, 6.45) is -4.83. The first-order chi connectivity index (χ1) is 13.1. The number of rotatable bonds is 4. The van der Waals surface area contributed by atoms with Crippen molar-refractivity contribution in [2.45, 2.75) is 17.4 Å². The average Bonchev–Trinajstić information content (AvgIpc) is 2.57. The molecule has 0 aliphatic heterocycles. The molecule has 0 saturated heterocycles. The summed E-state index contributed by atoms with van der Waals surface area (Å²) in [5.41, 5.74) is 0. The third kappa shape index (κ3) is 28.0. The van der Waals surface area contributed by atoms with E-state index in [0.29, 0.717) is 0 Å². The summed E-state index contributed by atoms with van der Waals surface area (Å²) in [4.78, 5) is 0. The second-order valence-electron chi connectivity index (χ2n) is 3.43. The second kappa shape index (κ2) is 25.0. The van der Waals surface area contributed by atoms with E-state index in [1.165, 1.54) is 0 Å². The molecule has 31 heavy (non-hydrogen) atoms. The van der Waals surface area contributed by atoms with Gasteiger partial charge in [0, 0.05) is 0 Å². The first-order valence-corrected chi connectivity index (χ1v) is 11.1.